The number of ether oxygens (including phenoxy) is 1. The summed E-state index contributed by atoms with van der Waals surface area (Å²) >= 11 is 0. The molecule has 8 nitrogen and oxygen atoms in total. The van der Waals surface area contributed by atoms with Gasteiger partial charge in [-0.2, -0.15) is 8.78 Å². The molecule has 0 aliphatic carbocycles. The third-order valence-electron chi connectivity index (χ3n) is 5.00. The van der Waals surface area contributed by atoms with Crippen molar-refractivity contribution in [1.29, 1.82) is 5.41 Å². The number of aromatic carboxylic acids is 1. The van der Waals surface area contributed by atoms with E-state index < -0.39 is 17.9 Å². The molecule has 0 fully saturated rings. The predicted octanol–water partition coefficient (Wildman–Crippen LogP) is 2.88. The van der Waals surface area contributed by atoms with E-state index in [0.29, 0.717) is 29.1 Å². The van der Waals surface area contributed by atoms with E-state index in [0.717, 1.165) is 18.0 Å². The zero-order chi connectivity index (χ0) is 22.9. The molecule has 1 aromatic carbocycles. The van der Waals surface area contributed by atoms with Crippen LogP contribution >= 0.6 is 0 Å². The summed E-state index contributed by atoms with van der Waals surface area (Å²) in [6.07, 6.45) is 3.29. The molecule has 2 heterocycles. The Labute approximate surface area is 176 Å². The molecule has 0 radical (unpaired) electrons. The SMILES string of the molecule is COc1cc2c(cc1/C(C=N)=C/NC(F)F)CN(C(C)C)n1cc(C(=O)O)c(=O)cc1-2. The number of hydrogen-bond acceptors (Lipinski definition) is 6. The number of halogens is 2. The van der Waals surface area contributed by atoms with Crippen molar-refractivity contribution in [2.45, 2.75) is 33.0 Å². The van der Waals surface area contributed by atoms with Gasteiger partial charge in [0, 0.05) is 47.4 Å². The number of allylic oxidation sites excluding steroid dienone is 1. The molecular formula is C21H22F2N4O4. The van der Waals surface area contributed by atoms with Gasteiger partial charge >= 0.3 is 12.5 Å². The van der Waals surface area contributed by atoms with Crippen molar-refractivity contribution >= 4 is 17.8 Å². The van der Waals surface area contributed by atoms with Crippen molar-refractivity contribution in [2.75, 3.05) is 12.1 Å². The van der Waals surface area contributed by atoms with Crippen LogP contribution in [0.2, 0.25) is 0 Å². The molecule has 3 N–H and O–H groups in total. The maximum atomic E-state index is 12.6. The molecule has 10 heteroatoms. The molecule has 0 amide bonds. The van der Waals surface area contributed by atoms with Crippen LogP contribution in [0.25, 0.3) is 16.8 Å². The standard InChI is InChI=1S/C21H22F2N4O4/c1-11(2)26-9-12-4-15(13(7-24)8-25-21(22)23)19(31-3)5-14(12)17-6-18(28)16(20(29)30)10-27(17)26/h4-8,10-11,21,24-25H,9H2,1-3H3,(H,29,30)/b13-8+,24-7?. The molecule has 0 unspecified atom stereocenters. The number of nitrogens with one attached hydrogen (secondary N) is 2. The monoisotopic (exact) mass is 432 g/mol. The Hall–Kier alpha value is -3.69. The molecule has 0 saturated carbocycles. The fourth-order valence-corrected chi connectivity index (χ4v) is 3.52. The molecule has 1 aliphatic heterocycles. The molecule has 31 heavy (non-hydrogen) atoms. The number of methoxy groups -OCH3 is 1. The highest BCUT2D eigenvalue weighted by atomic mass is 19.3. The van der Waals surface area contributed by atoms with E-state index in [-0.39, 0.29) is 17.2 Å². The molecule has 0 spiro atoms. The maximum Gasteiger partial charge on any atom is 0.341 e. The van der Waals surface area contributed by atoms with Crippen LogP contribution < -0.4 is 20.5 Å². The summed E-state index contributed by atoms with van der Waals surface area (Å²) < 4.78 is 32.3. The Bertz CT molecular complexity index is 1130. The Morgan fingerprint density at radius 2 is 2.00 bits per heavy atom. The van der Waals surface area contributed by atoms with Gasteiger partial charge < -0.3 is 25.6 Å². The fourth-order valence-electron chi connectivity index (χ4n) is 3.52. The first-order valence-electron chi connectivity index (χ1n) is 9.41. The van der Waals surface area contributed by atoms with Crippen molar-refractivity contribution in [1.82, 2.24) is 9.99 Å². The van der Waals surface area contributed by atoms with Crippen molar-refractivity contribution in [3.8, 4) is 17.0 Å². The predicted molar refractivity (Wildman–Crippen MR) is 113 cm³/mol. The average Bonchev–Trinajstić information content (AvgIpc) is 2.72. The molecule has 0 saturated heterocycles. The van der Waals surface area contributed by atoms with Gasteiger partial charge in [0.2, 0.25) is 0 Å². The second-order valence-electron chi connectivity index (χ2n) is 7.20. The summed E-state index contributed by atoms with van der Waals surface area (Å²) in [6.45, 7) is 1.43. The van der Waals surface area contributed by atoms with Crippen LogP contribution in [0.3, 0.4) is 0 Å². The second-order valence-corrected chi connectivity index (χ2v) is 7.20. The average molecular weight is 432 g/mol. The van der Waals surface area contributed by atoms with Gasteiger partial charge in [-0.25, -0.2) is 4.79 Å². The third kappa shape index (κ3) is 4.14. The number of carboxylic acid groups (broad SMARTS) is 1. The second kappa shape index (κ2) is 8.58. The molecule has 3 rings (SSSR count). The first kappa shape index (κ1) is 22.0. The molecule has 1 aromatic heterocycles. The zero-order valence-electron chi connectivity index (χ0n) is 17.1. The van der Waals surface area contributed by atoms with E-state index in [1.54, 1.807) is 16.8 Å². The van der Waals surface area contributed by atoms with E-state index in [9.17, 15) is 23.5 Å². The van der Waals surface area contributed by atoms with Crippen LogP contribution in [0.1, 0.15) is 35.3 Å². The minimum atomic E-state index is -2.78. The van der Waals surface area contributed by atoms with Gasteiger partial charge in [-0.1, -0.05) is 0 Å². The van der Waals surface area contributed by atoms with Crippen LogP contribution in [0, 0.1) is 5.41 Å². The van der Waals surface area contributed by atoms with Gasteiger partial charge in [-0.15, -0.1) is 0 Å². The van der Waals surface area contributed by atoms with E-state index in [1.165, 1.54) is 19.4 Å². The number of alkyl halides is 2. The Kier molecular flexibility index (Phi) is 6.09. The summed E-state index contributed by atoms with van der Waals surface area (Å²) in [6, 6.07) is 4.61. The smallest absolute Gasteiger partial charge is 0.341 e. The van der Waals surface area contributed by atoms with Gasteiger partial charge in [0.15, 0.2) is 5.43 Å². The lowest BCUT2D eigenvalue weighted by molar-refractivity contribution is 0.0694. The van der Waals surface area contributed by atoms with Crippen molar-refractivity contribution in [3.05, 3.63) is 57.5 Å². The number of carboxylic acids is 1. The fraction of sp³-hybridized carbons (Fsp3) is 0.286. The lowest BCUT2D eigenvalue weighted by Crippen LogP contribution is -2.44. The molecular weight excluding hydrogens is 410 g/mol. The highest BCUT2D eigenvalue weighted by Gasteiger charge is 2.27. The number of aromatic nitrogens is 1. The Morgan fingerprint density at radius 1 is 1.29 bits per heavy atom. The van der Waals surface area contributed by atoms with Gasteiger partial charge in [0.05, 0.1) is 19.3 Å². The van der Waals surface area contributed by atoms with Crippen LogP contribution in [0.5, 0.6) is 5.75 Å². The summed E-state index contributed by atoms with van der Waals surface area (Å²) in [5.41, 5.74) is 1.58. The maximum absolute atomic E-state index is 12.6. The third-order valence-corrected chi connectivity index (χ3v) is 5.00. The van der Waals surface area contributed by atoms with Crippen molar-refractivity contribution < 1.29 is 23.4 Å². The molecule has 164 valence electrons. The van der Waals surface area contributed by atoms with Crippen LogP contribution in [0.4, 0.5) is 8.78 Å². The topological polar surface area (TPSA) is 108 Å². The highest BCUT2D eigenvalue weighted by molar-refractivity contribution is 6.09. The Balaban J connectivity index is 2.26. The number of benzene rings is 1. The summed E-state index contributed by atoms with van der Waals surface area (Å²) in [4.78, 5) is 23.8. The minimum absolute atomic E-state index is 0.0418. The number of hydrogen-bond donors (Lipinski definition) is 3. The van der Waals surface area contributed by atoms with Crippen LogP contribution in [0.15, 0.2) is 35.4 Å². The number of fused-ring (bicyclic) bond motifs is 3. The summed E-state index contributed by atoms with van der Waals surface area (Å²) in [5, 5.41) is 20.7. The first-order valence-corrected chi connectivity index (χ1v) is 9.41. The minimum Gasteiger partial charge on any atom is -0.496 e. The molecule has 0 atom stereocenters. The van der Waals surface area contributed by atoms with Crippen LogP contribution in [-0.2, 0) is 6.54 Å². The molecule has 2 aromatic rings. The largest absolute Gasteiger partial charge is 0.496 e. The van der Waals surface area contributed by atoms with Crippen molar-refractivity contribution in [3.63, 3.8) is 0 Å². The first-order chi connectivity index (χ1) is 14.7. The van der Waals surface area contributed by atoms with Gasteiger partial charge in [0.25, 0.3) is 0 Å². The van der Waals surface area contributed by atoms with E-state index in [2.05, 4.69) is 0 Å². The van der Waals surface area contributed by atoms with E-state index in [4.69, 9.17) is 10.1 Å². The quantitative estimate of drug-likeness (QED) is 0.459. The normalized spacial score (nSPS) is 13.1. The lowest BCUT2D eigenvalue weighted by Gasteiger charge is -2.38. The number of nitrogens with zero attached hydrogens (tertiary/aromatic N) is 2. The summed E-state index contributed by atoms with van der Waals surface area (Å²) in [7, 11) is 1.41. The number of pyridine rings is 1. The van der Waals surface area contributed by atoms with E-state index in [1.807, 2.05) is 24.2 Å². The van der Waals surface area contributed by atoms with Gasteiger partial charge in [-0.05, 0) is 31.5 Å². The highest BCUT2D eigenvalue weighted by Crippen LogP contribution is 2.37. The van der Waals surface area contributed by atoms with Gasteiger partial charge in [0.1, 0.15) is 11.3 Å². The number of rotatable bonds is 7. The zero-order valence-corrected chi connectivity index (χ0v) is 17.1. The van der Waals surface area contributed by atoms with E-state index >= 15 is 0 Å². The van der Waals surface area contributed by atoms with Crippen LogP contribution in [-0.4, -0.2) is 41.7 Å². The van der Waals surface area contributed by atoms with Crippen molar-refractivity contribution in [2.24, 2.45) is 0 Å². The van der Waals surface area contributed by atoms with Gasteiger partial charge in [-0.3, -0.25) is 9.47 Å². The lowest BCUT2D eigenvalue weighted by atomic mass is 9.94. The number of carbonyl (C=O) groups is 1. The Morgan fingerprint density at radius 3 is 2.55 bits per heavy atom. The molecule has 1 aliphatic rings. The molecule has 0 bridgehead atoms. The summed E-state index contributed by atoms with van der Waals surface area (Å²) in [5.74, 6) is -0.987.